The van der Waals surface area contributed by atoms with Crippen LogP contribution < -0.4 is 11.1 Å². The molecule has 0 unspecified atom stereocenters. The minimum atomic E-state index is -0.506. The van der Waals surface area contributed by atoms with Gasteiger partial charge >= 0.3 is 5.63 Å². The SMILES string of the molecule is C/C(=N\NC(=O)c1ccc2ccccc2n1)c1cc2ccccc2oc1=O. The summed E-state index contributed by atoms with van der Waals surface area (Å²) >= 11 is 0. The molecule has 2 aromatic carbocycles. The first-order valence-electron chi connectivity index (χ1n) is 8.35. The van der Waals surface area contributed by atoms with E-state index in [1.807, 2.05) is 42.5 Å². The molecule has 0 aliphatic carbocycles. The first-order chi connectivity index (χ1) is 13.1. The van der Waals surface area contributed by atoms with Crippen LogP contribution in [0, 0.1) is 0 Å². The molecule has 27 heavy (non-hydrogen) atoms. The van der Waals surface area contributed by atoms with Crippen LogP contribution in [0.15, 0.2) is 81.0 Å². The summed E-state index contributed by atoms with van der Waals surface area (Å²) in [7, 11) is 0. The van der Waals surface area contributed by atoms with Crippen molar-refractivity contribution in [2.24, 2.45) is 5.10 Å². The van der Waals surface area contributed by atoms with E-state index < -0.39 is 11.5 Å². The number of fused-ring (bicyclic) bond motifs is 2. The third kappa shape index (κ3) is 3.32. The quantitative estimate of drug-likeness (QED) is 0.345. The van der Waals surface area contributed by atoms with Gasteiger partial charge in [0.2, 0.25) is 0 Å². The van der Waals surface area contributed by atoms with Crippen LogP contribution in [-0.2, 0) is 0 Å². The molecular weight excluding hydrogens is 342 g/mol. The molecule has 6 nitrogen and oxygen atoms in total. The standard InChI is InChI=1S/C21H15N3O3/c1-13(16-12-15-7-3-5-9-19(15)27-21(16)26)23-24-20(25)18-11-10-14-6-2-4-8-17(14)22-18/h2-12H,1H3,(H,24,25)/b23-13+. The maximum Gasteiger partial charge on any atom is 0.345 e. The highest BCUT2D eigenvalue weighted by molar-refractivity contribution is 6.02. The van der Waals surface area contributed by atoms with Gasteiger partial charge in [0.05, 0.1) is 16.8 Å². The number of carbonyl (C=O) groups excluding carboxylic acids is 1. The molecule has 2 aromatic heterocycles. The van der Waals surface area contributed by atoms with Gasteiger partial charge in [0.15, 0.2) is 0 Å². The van der Waals surface area contributed by atoms with E-state index in [0.717, 1.165) is 16.3 Å². The average Bonchev–Trinajstić information content (AvgIpc) is 2.70. The Morgan fingerprint density at radius 1 is 1.00 bits per heavy atom. The number of para-hydroxylation sites is 2. The fraction of sp³-hybridized carbons (Fsp3) is 0.0476. The highest BCUT2D eigenvalue weighted by Crippen LogP contribution is 2.13. The van der Waals surface area contributed by atoms with Crippen molar-refractivity contribution in [3.63, 3.8) is 0 Å². The van der Waals surface area contributed by atoms with E-state index in [9.17, 15) is 9.59 Å². The molecule has 4 aromatic rings. The van der Waals surface area contributed by atoms with E-state index in [4.69, 9.17) is 4.42 Å². The van der Waals surface area contributed by atoms with Crippen molar-refractivity contribution < 1.29 is 9.21 Å². The fourth-order valence-corrected chi connectivity index (χ4v) is 2.76. The Morgan fingerprint density at radius 3 is 2.59 bits per heavy atom. The van der Waals surface area contributed by atoms with Crippen LogP contribution in [0.5, 0.6) is 0 Å². The summed E-state index contributed by atoms with van der Waals surface area (Å²) in [5.74, 6) is -0.453. The predicted molar refractivity (Wildman–Crippen MR) is 104 cm³/mol. The Morgan fingerprint density at radius 2 is 1.74 bits per heavy atom. The van der Waals surface area contributed by atoms with Crippen molar-refractivity contribution >= 4 is 33.5 Å². The summed E-state index contributed by atoms with van der Waals surface area (Å²) in [4.78, 5) is 28.8. The number of hydrogen-bond acceptors (Lipinski definition) is 5. The Kier molecular flexibility index (Phi) is 4.22. The second-order valence-electron chi connectivity index (χ2n) is 6.01. The number of nitrogens with one attached hydrogen (secondary N) is 1. The first kappa shape index (κ1) is 16.7. The summed E-state index contributed by atoms with van der Waals surface area (Å²) in [6, 6.07) is 19.9. The molecular formula is C21H15N3O3. The van der Waals surface area contributed by atoms with Crippen molar-refractivity contribution in [3.05, 3.63) is 88.4 Å². The summed E-state index contributed by atoms with van der Waals surface area (Å²) < 4.78 is 5.29. The van der Waals surface area contributed by atoms with E-state index >= 15 is 0 Å². The third-order valence-electron chi connectivity index (χ3n) is 4.19. The molecule has 4 rings (SSSR count). The highest BCUT2D eigenvalue weighted by atomic mass is 16.4. The van der Waals surface area contributed by atoms with Crippen LogP contribution in [0.1, 0.15) is 23.0 Å². The maximum absolute atomic E-state index is 12.3. The van der Waals surface area contributed by atoms with Gasteiger partial charge in [0, 0.05) is 10.8 Å². The van der Waals surface area contributed by atoms with Crippen molar-refractivity contribution in [2.45, 2.75) is 6.92 Å². The van der Waals surface area contributed by atoms with Gasteiger partial charge in [0.25, 0.3) is 5.91 Å². The lowest BCUT2D eigenvalue weighted by molar-refractivity contribution is 0.0950. The lowest BCUT2D eigenvalue weighted by atomic mass is 10.1. The lowest BCUT2D eigenvalue weighted by Crippen LogP contribution is -2.22. The Balaban J connectivity index is 1.60. The molecule has 132 valence electrons. The Labute approximate surface area is 154 Å². The molecule has 1 amide bonds. The molecule has 0 radical (unpaired) electrons. The second-order valence-corrected chi connectivity index (χ2v) is 6.01. The van der Waals surface area contributed by atoms with Crippen molar-refractivity contribution in [2.75, 3.05) is 0 Å². The van der Waals surface area contributed by atoms with Gasteiger partial charge in [-0.3, -0.25) is 4.79 Å². The molecule has 0 aliphatic rings. The molecule has 0 bridgehead atoms. The normalized spacial score (nSPS) is 11.7. The summed E-state index contributed by atoms with van der Waals surface area (Å²) in [5, 5.41) is 5.76. The van der Waals surface area contributed by atoms with Crippen molar-refractivity contribution in [3.8, 4) is 0 Å². The number of amides is 1. The van der Waals surface area contributed by atoms with Crippen molar-refractivity contribution in [1.82, 2.24) is 10.4 Å². The Hall–Kier alpha value is -3.80. The minimum Gasteiger partial charge on any atom is -0.422 e. The number of pyridine rings is 1. The zero-order chi connectivity index (χ0) is 18.8. The topological polar surface area (TPSA) is 84.6 Å². The molecule has 0 saturated heterocycles. The number of rotatable bonds is 3. The van der Waals surface area contributed by atoms with Crippen LogP contribution in [-0.4, -0.2) is 16.6 Å². The lowest BCUT2D eigenvalue weighted by Gasteiger charge is -2.04. The zero-order valence-electron chi connectivity index (χ0n) is 14.5. The van der Waals surface area contributed by atoms with Crippen LogP contribution >= 0.6 is 0 Å². The molecule has 0 fully saturated rings. The number of benzene rings is 2. The van der Waals surface area contributed by atoms with E-state index in [0.29, 0.717) is 16.9 Å². The van der Waals surface area contributed by atoms with E-state index in [1.165, 1.54) is 0 Å². The number of carbonyl (C=O) groups is 1. The van der Waals surface area contributed by atoms with E-state index in [1.54, 1.807) is 31.2 Å². The van der Waals surface area contributed by atoms with Crippen LogP contribution in [0.25, 0.3) is 21.9 Å². The van der Waals surface area contributed by atoms with Gasteiger partial charge < -0.3 is 4.42 Å². The summed E-state index contributed by atoms with van der Waals surface area (Å²) in [6.07, 6.45) is 0. The molecule has 6 heteroatoms. The minimum absolute atomic E-state index is 0.246. The van der Waals surface area contributed by atoms with E-state index in [-0.39, 0.29) is 5.69 Å². The molecule has 0 atom stereocenters. The van der Waals surface area contributed by atoms with Gasteiger partial charge in [-0.15, -0.1) is 0 Å². The molecule has 0 spiro atoms. The molecule has 1 N–H and O–H groups in total. The van der Waals surface area contributed by atoms with Gasteiger partial charge in [0.1, 0.15) is 11.3 Å². The summed E-state index contributed by atoms with van der Waals surface area (Å²) in [5.41, 5.74) is 4.05. The van der Waals surface area contributed by atoms with Gasteiger partial charge in [-0.2, -0.15) is 5.10 Å². The largest absolute Gasteiger partial charge is 0.422 e. The zero-order valence-corrected chi connectivity index (χ0v) is 14.5. The first-order valence-corrected chi connectivity index (χ1v) is 8.35. The fourth-order valence-electron chi connectivity index (χ4n) is 2.76. The van der Waals surface area contributed by atoms with Crippen LogP contribution in [0.2, 0.25) is 0 Å². The van der Waals surface area contributed by atoms with Gasteiger partial charge in [-0.1, -0.05) is 42.5 Å². The number of aromatic nitrogens is 1. The smallest absolute Gasteiger partial charge is 0.345 e. The number of nitrogens with zero attached hydrogens (tertiary/aromatic N) is 2. The summed E-state index contributed by atoms with van der Waals surface area (Å²) in [6.45, 7) is 1.63. The maximum atomic E-state index is 12.3. The van der Waals surface area contributed by atoms with Gasteiger partial charge in [-0.05, 0) is 31.2 Å². The molecule has 2 heterocycles. The number of hydrogen-bond donors (Lipinski definition) is 1. The Bertz CT molecular complexity index is 1260. The third-order valence-corrected chi connectivity index (χ3v) is 4.19. The monoisotopic (exact) mass is 357 g/mol. The average molecular weight is 357 g/mol. The van der Waals surface area contributed by atoms with Crippen LogP contribution in [0.3, 0.4) is 0 Å². The van der Waals surface area contributed by atoms with E-state index in [2.05, 4.69) is 15.5 Å². The van der Waals surface area contributed by atoms with Gasteiger partial charge in [-0.25, -0.2) is 15.2 Å². The van der Waals surface area contributed by atoms with Crippen LogP contribution in [0.4, 0.5) is 0 Å². The number of hydrazone groups is 1. The second kappa shape index (κ2) is 6.84. The molecule has 0 aliphatic heterocycles. The highest BCUT2D eigenvalue weighted by Gasteiger charge is 2.11. The van der Waals surface area contributed by atoms with Crippen molar-refractivity contribution in [1.29, 1.82) is 0 Å². The predicted octanol–water partition coefficient (Wildman–Crippen LogP) is 3.50. The molecule has 0 saturated carbocycles.